The Hall–Kier alpha value is -2.86. The minimum Gasteiger partial charge on any atom is -0.497 e. The van der Waals surface area contributed by atoms with Gasteiger partial charge in [-0.25, -0.2) is 4.79 Å². The predicted octanol–water partition coefficient (Wildman–Crippen LogP) is 5.56. The first-order valence-electron chi connectivity index (χ1n) is 13.3. The number of nitrogens with zero attached hydrogens (tertiary/aromatic N) is 4. The molecule has 0 aromatic heterocycles. The van der Waals surface area contributed by atoms with E-state index in [1.165, 1.54) is 24.8 Å². The van der Waals surface area contributed by atoms with Crippen molar-refractivity contribution in [3.63, 3.8) is 0 Å². The van der Waals surface area contributed by atoms with Gasteiger partial charge in [-0.05, 0) is 82.3 Å². The first kappa shape index (κ1) is 24.8. The maximum atomic E-state index is 14.1. The molecule has 3 aliphatic rings. The summed E-state index contributed by atoms with van der Waals surface area (Å²) in [6, 6.07) is 17.0. The minimum atomic E-state index is -0.137. The topological polar surface area (TPSA) is 48.4 Å². The summed E-state index contributed by atoms with van der Waals surface area (Å²) in [5.74, 6) is 1.41. The zero-order chi connectivity index (χ0) is 25.3. The molecule has 1 saturated heterocycles. The summed E-state index contributed by atoms with van der Waals surface area (Å²) in [5, 5.41) is 0. The summed E-state index contributed by atoms with van der Waals surface area (Å²) >= 11 is 0. The van der Waals surface area contributed by atoms with Crippen molar-refractivity contribution in [2.75, 3.05) is 46.2 Å². The fraction of sp³-hybridized carbons (Fsp3) is 0.533. The van der Waals surface area contributed by atoms with Gasteiger partial charge in [0.05, 0.1) is 24.9 Å². The second-order valence-electron chi connectivity index (χ2n) is 11.1. The zero-order valence-corrected chi connectivity index (χ0v) is 22.2. The first-order valence-corrected chi connectivity index (χ1v) is 13.3. The van der Waals surface area contributed by atoms with E-state index in [1.807, 2.05) is 29.3 Å². The molecule has 2 saturated carbocycles. The van der Waals surface area contributed by atoms with Gasteiger partial charge in [-0.3, -0.25) is 14.8 Å². The molecule has 3 fully saturated rings. The smallest absolute Gasteiger partial charge is 0.325 e. The minimum absolute atomic E-state index is 0.00522. The number of carbonyl (C=O) groups is 1. The van der Waals surface area contributed by atoms with Crippen LogP contribution in [0.5, 0.6) is 5.75 Å². The zero-order valence-electron chi connectivity index (χ0n) is 22.2. The number of benzene rings is 2. The fourth-order valence-electron chi connectivity index (χ4n) is 6.64. The van der Waals surface area contributed by atoms with Crippen molar-refractivity contribution in [3.8, 4) is 5.75 Å². The molecule has 0 atom stereocenters. The highest BCUT2D eigenvalue weighted by atomic mass is 16.5. The van der Waals surface area contributed by atoms with Crippen LogP contribution in [0, 0.1) is 5.92 Å². The lowest BCUT2D eigenvalue weighted by Crippen LogP contribution is -2.56. The summed E-state index contributed by atoms with van der Waals surface area (Å²) in [6.45, 7) is 1.61. The van der Waals surface area contributed by atoms with Crippen LogP contribution < -0.4 is 9.64 Å². The van der Waals surface area contributed by atoms with E-state index in [2.05, 4.69) is 59.2 Å². The molecule has 2 aromatic carbocycles. The lowest BCUT2D eigenvalue weighted by Gasteiger charge is -2.51. The number of amides is 2. The standard InChI is InChI=1S/C30H40N4O2/c1-31-20-24-19-26(36-4)13-14-27(24)33-22-29(34(28(33)35)21-23-9-8-10-23)15-17-30(18-16-29,32(2)3)25-11-6-5-7-12-25/h5-7,11-14,19-20,23H,8-10,15-18,21-22H2,1-4H3. The number of rotatable bonds is 7. The van der Waals surface area contributed by atoms with Gasteiger partial charge < -0.3 is 9.64 Å². The van der Waals surface area contributed by atoms with E-state index in [4.69, 9.17) is 4.74 Å². The third-order valence-corrected chi connectivity index (χ3v) is 9.12. The van der Waals surface area contributed by atoms with Crippen LogP contribution in [-0.4, -0.2) is 68.9 Å². The van der Waals surface area contributed by atoms with E-state index >= 15 is 0 Å². The van der Waals surface area contributed by atoms with Crippen LogP contribution in [-0.2, 0) is 5.54 Å². The number of ether oxygens (including phenoxy) is 1. The molecule has 6 nitrogen and oxygen atoms in total. The van der Waals surface area contributed by atoms with Gasteiger partial charge in [0.2, 0.25) is 0 Å². The Labute approximate surface area is 215 Å². The van der Waals surface area contributed by atoms with E-state index in [-0.39, 0.29) is 17.1 Å². The predicted molar refractivity (Wildman–Crippen MR) is 146 cm³/mol. The van der Waals surface area contributed by atoms with Gasteiger partial charge in [0, 0.05) is 30.9 Å². The summed E-state index contributed by atoms with van der Waals surface area (Å²) < 4.78 is 5.46. The monoisotopic (exact) mass is 488 g/mol. The van der Waals surface area contributed by atoms with Crippen LogP contribution in [0.1, 0.15) is 56.1 Å². The Morgan fingerprint density at radius 1 is 1.08 bits per heavy atom. The van der Waals surface area contributed by atoms with Crippen LogP contribution in [0.2, 0.25) is 0 Å². The third kappa shape index (κ3) is 4.19. The number of hydrogen-bond donors (Lipinski definition) is 0. The van der Waals surface area contributed by atoms with E-state index in [9.17, 15) is 4.79 Å². The van der Waals surface area contributed by atoms with Crippen molar-refractivity contribution >= 4 is 17.9 Å². The van der Waals surface area contributed by atoms with E-state index in [0.29, 0.717) is 5.92 Å². The highest BCUT2D eigenvalue weighted by Crippen LogP contribution is 2.50. The summed E-state index contributed by atoms with van der Waals surface area (Å²) in [7, 11) is 7.85. The molecular formula is C30H40N4O2. The van der Waals surface area contributed by atoms with Crippen molar-refractivity contribution in [1.82, 2.24) is 9.80 Å². The number of aliphatic imine (C=N–C) groups is 1. The molecule has 0 N–H and O–H groups in total. The second kappa shape index (κ2) is 9.89. The Bertz CT molecular complexity index is 1100. The van der Waals surface area contributed by atoms with E-state index in [1.54, 1.807) is 14.2 Å². The van der Waals surface area contributed by atoms with Crippen molar-refractivity contribution < 1.29 is 9.53 Å². The van der Waals surface area contributed by atoms with Crippen molar-refractivity contribution in [1.29, 1.82) is 0 Å². The van der Waals surface area contributed by atoms with Gasteiger partial charge in [0.1, 0.15) is 5.75 Å². The van der Waals surface area contributed by atoms with Gasteiger partial charge in [-0.15, -0.1) is 0 Å². The average Bonchev–Trinajstić information content (AvgIpc) is 3.13. The Morgan fingerprint density at radius 2 is 1.81 bits per heavy atom. The van der Waals surface area contributed by atoms with Crippen LogP contribution in [0.15, 0.2) is 53.5 Å². The highest BCUT2D eigenvalue weighted by Gasteiger charge is 2.55. The van der Waals surface area contributed by atoms with Gasteiger partial charge in [0.15, 0.2) is 0 Å². The number of carbonyl (C=O) groups excluding carboxylic acids is 1. The molecule has 36 heavy (non-hydrogen) atoms. The van der Waals surface area contributed by atoms with Crippen molar-refractivity contribution in [2.45, 2.75) is 56.0 Å². The van der Waals surface area contributed by atoms with E-state index < -0.39 is 0 Å². The molecule has 1 heterocycles. The van der Waals surface area contributed by atoms with Crippen molar-refractivity contribution in [3.05, 3.63) is 59.7 Å². The second-order valence-corrected chi connectivity index (χ2v) is 11.1. The molecule has 2 aromatic rings. The molecule has 192 valence electrons. The third-order valence-electron chi connectivity index (χ3n) is 9.12. The van der Waals surface area contributed by atoms with Crippen LogP contribution >= 0.6 is 0 Å². The molecule has 1 aliphatic heterocycles. The van der Waals surface area contributed by atoms with Crippen molar-refractivity contribution in [2.24, 2.45) is 10.9 Å². The quantitative estimate of drug-likeness (QED) is 0.480. The van der Waals surface area contributed by atoms with Gasteiger partial charge >= 0.3 is 6.03 Å². The SMILES string of the molecule is CN=Cc1cc(OC)ccc1N1CC2(CCC(c3ccccc3)(N(C)C)CC2)N(CC2CCC2)C1=O. The molecule has 1 spiro atoms. The first-order chi connectivity index (χ1) is 17.4. The molecule has 2 amide bonds. The van der Waals surface area contributed by atoms with Crippen LogP contribution in [0.4, 0.5) is 10.5 Å². The lowest BCUT2D eigenvalue weighted by atomic mass is 9.68. The number of methoxy groups -OCH3 is 1. The van der Waals surface area contributed by atoms with Gasteiger partial charge in [-0.1, -0.05) is 36.8 Å². The van der Waals surface area contributed by atoms with Crippen LogP contribution in [0.3, 0.4) is 0 Å². The fourth-order valence-corrected chi connectivity index (χ4v) is 6.64. The van der Waals surface area contributed by atoms with Gasteiger partial charge in [-0.2, -0.15) is 0 Å². The van der Waals surface area contributed by atoms with E-state index in [0.717, 1.165) is 55.8 Å². The molecule has 0 unspecified atom stereocenters. The number of urea groups is 1. The maximum absolute atomic E-state index is 14.1. The number of hydrogen-bond acceptors (Lipinski definition) is 4. The highest BCUT2D eigenvalue weighted by molar-refractivity contribution is 6.01. The summed E-state index contributed by atoms with van der Waals surface area (Å²) in [4.78, 5) is 25.0. The molecule has 6 heteroatoms. The van der Waals surface area contributed by atoms with Gasteiger partial charge in [0.25, 0.3) is 0 Å². The maximum Gasteiger partial charge on any atom is 0.325 e. The Kier molecular flexibility index (Phi) is 6.82. The molecule has 0 bridgehead atoms. The molecule has 0 radical (unpaired) electrons. The average molecular weight is 489 g/mol. The molecule has 5 rings (SSSR count). The molecule has 2 aliphatic carbocycles. The molecular weight excluding hydrogens is 448 g/mol. The van der Waals surface area contributed by atoms with Crippen LogP contribution in [0.25, 0.3) is 0 Å². The summed E-state index contributed by atoms with van der Waals surface area (Å²) in [6.07, 6.45) is 9.68. The lowest BCUT2D eigenvalue weighted by molar-refractivity contribution is 0.0172. The Balaban J connectivity index is 1.48. The number of anilines is 1. The summed E-state index contributed by atoms with van der Waals surface area (Å²) in [5.41, 5.74) is 3.10. The normalized spacial score (nSPS) is 26.9. The Morgan fingerprint density at radius 3 is 2.39 bits per heavy atom. The largest absolute Gasteiger partial charge is 0.497 e.